The van der Waals surface area contributed by atoms with Gasteiger partial charge < -0.3 is 20.7 Å². The first kappa shape index (κ1) is 25.8. The van der Waals surface area contributed by atoms with Crippen molar-refractivity contribution in [1.82, 2.24) is 20.9 Å². The highest BCUT2D eigenvalue weighted by Gasteiger charge is 2.21. The molecule has 1 saturated heterocycles. The SMILES string of the molecule is CCNC(=NCC(C)Oc1ccccc1Cl)NC1CCN(CC(=O)NC)CC1.I. The summed E-state index contributed by atoms with van der Waals surface area (Å²) >= 11 is 6.15. The van der Waals surface area contributed by atoms with E-state index in [2.05, 4.69) is 25.8 Å². The lowest BCUT2D eigenvalue weighted by atomic mass is 10.1. The molecule has 2 rings (SSSR count). The van der Waals surface area contributed by atoms with Gasteiger partial charge in [0.2, 0.25) is 5.91 Å². The molecule has 1 amide bonds. The first-order valence-electron chi connectivity index (χ1n) is 9.90. The average molecular weight is 538 g/mol. The minimum absolute atomic E-state index is 0. The fraction of sp³-hybridized carbons (Fsp3) is 0.600. The van der Waals surface area contributed by atoms with E-state index in [1.54, 1.807) is 7.05 Å². The van der Waals surface area contributed by atoms with E-state index >= 15 is 0 Å². The fourth-order valence-corrected chi connectivity index (χ4v) is 3.23. The number of piperidine rings is 1. The number of rotatable bonds is 8. The monoisotopic (exact) mass is 537 g/mol. The Morgan fingerprint density at radius 3 is 2.66 bits per heavy atom. The number of nitrogens with zero attached hydrogens (tertiary/aromatic N) is 2. The zero-order valence-electron chi connectivity index (χ0n) is 17.4. The Morgan fingerprint density at radius 2 is 2.03 bits per heavy atom. The van der Waals surface area contributed by atoms with Crippen molar-refractivity contribution in [3.63, 3.8) is 0 Å². The normalized spacial score (nSPS) is 16.5. The van der Waals surface area contributed by atoms with Crippen LogP contribution >= 0.6 is 35.6 Å². The van der Waals surface area contributed by atoms with Crippen LogP contribution in [-0.2, 0) is 4.79 Å². The molecule has 3 N–H and O–H groups in total. The topological polar surface area (TPSA) is 78.0 Å². The van der Waals surface area contributed by atoms with Crippen molar-refractivity contribution in [1.29, 1.82) is 0 Å². The van der Waals surface area contributed by atoms with Crippen LogP contribution in [0.1, 0.15) is 26.7 Å². The summed E-state index contributed by atoms with van der Waals surface area (Å²) in [7, 11) is 1.67. The molecule has 1 aromatic carbocycles. The van der Waals surface area contributed by atoms with E-state index in [0.29, 0.717) is 29.9 Å². The van der Waals surface area contributed by atoms with Gasteiger partial charge in [0.15, 0.2) is 5.96 Å². The molecule has 0 radical (unpaired) electrons. The van der Waals surface area contributed by atoms with Crippen LogP contribution in [0.25, 0.3) is 0 Å². The van der Waals surface area contributed by atoms with Gasteiger partial charge >= 0.3 is 0 Å². The number of benzene rings is 1. The molecule has 1 aliphatic heterocycles. The van der Waals surface area contributed by atoms with Crippen molar-refractivity contribution in [2.75, 3.05) is 39.8 Å². The quantitative estimate of drug-likeness (QED) is 0.270. The maximum atomic E-state index is 11.5. The molecule has 1 fully saturated rings. The maximum Gasteiger partial charge on any atom is 0.233 e. The second kappa shape index (κ2) is 13.9. The van der Waals surface area contributed by atoms with Crippen LogP contribution in [0.2, 0.25) is 5.02 Å². The number of para-hydroxylation sites is 1. The number of aliphatic imine (C=N–C) groups is 1. The van der Waals surface area contributed by atoms with Gasteiger partial charge in [0.05, 0.1) is 18.1 Å². The molecule has 9 heteroatoms. The smallest absolute Gasteiger partial charge is 0.233 e. The van der Waals surface area contributed by atoms with Gasteiger partial charge in [-0.1, -0.05) is 23.7 Å². The van der Waals surface area contributed by atoms with Crippen LogP contribution in [-0.4, -0.2) is 68.7 Å². The Hall–Kier alpha value is -1.26. The molecule has 0 saturated carbocycles. The number of guanidine groups is 1. The Kier molecular flexibility index (Phi) is 12.3. The Morgan fingerprint density at radius 1 is 1.34 bits per heavy atom. The van der Waals surface area contributed by atoms with Crippen LogP contribution in [0.5, 0.6) is 5.75 Å². The van der Waals surface area contributed by atoms with Crippen LogP contribution in [0, 0.1) is 0 Å². The van der Waals surface area contributed by atoms with E-state index < -0.39 is 0 Å². The highest BCUT2D eigenvalue weighted by atomic mass is 127. The molecule has 7 nitrogen and oxygen atoms in total. The molecule has 1 atom stereocenters. The van der Waals surface area contributed by atoms with Crippen molar-refractivity contribution in [3.8, 4) is 5.75 Å². The van der Waals surface area contributed by atoms with Gasteiger partial charge in [-0.2, -0.15) is 0 Å². The molecule has 0 aromatic heterocycles. The standard InChI is InChI=1S/C20H32ClN5O2.HI/c1-4-23-20(24-13-15(2)28-18-8-6-5-7-17(18)21)25-16-9-11-26(12-10-16)14-19(27)22-3;/h5-8,15-16H,4,9-14H2,1-3H3,(H,22,27)(H2,23,24,25);1H. The molecular weight excluding hydrogens is 505 g/mol. The molecule has 29 heavy (non-hydrogen) atoms. The molecule has 1 unspecified atom stereocenters. The number of nitrogens with one attached hydrogen (secondary N) is 3. The summed E-state index contributed by atoms with van der Waals surface area (Å²) in [6.07, 6.45) is 1.87. The number of hydrogen-bond donors (Lipinski definition) is 3. The van der Waals surface area contributed by atoms with E-state index in [1.165, 1.54) is 0 Å². The molecule has 1 heterocycles. The van der Waals surface area contributed by atoms with Crippen molar-refractivity contribution < 1.29 is 9.53 Å². The third kappa shape index (κ3) is 9.39. The number of ether oxygens (including phenoxy) is 1. The lowest BCUT2D eigenvalue weighted by Gasteiger charge is -2.32. The van der Waals surface area contributed by atoms with Crippen molar-refractivity contribution in [3.05, 3.63) is 29.3 Å². The Labute approximate surface area is 196 Å². The maximum absolute atomic E-state index is 11.5. The van der Waals surface area contributed by atoms with Crippen LogP contribution < -0.4 is 20.7 Å². The summed E-state index contributed by atoms with van der Waals surface area (Å²) < 4.78 is 5.89. The number of halogens is 2. The fourth-order valence-electron chi connectivity index (χ4n) is 3.05. The molecule has 1 aromatic rings. The Bertz CT molecular complexity index is 654. The van der Waals surface area contributed by atoms with Crippen LogP contribution in [0.3, 0.4) is 0 Å². The summed E-state index contributed by atoms with van der Waals surface area (Å²) in [6.45, 7) is 7.61. The number of likely N-dealkylation sites (tertiary alicyclic amines) is 1. The summed E-state index contributed by atoms with van der Waals surface area (Å²) in [6, 6.07) is 7.80. The first-order valence-corrected chi connectivity index (χ1v) is 10.3. The third-order valence-corrected chi connectivity index (χ3v) is 4.90. The third-order valence-electron chi connectivity index (χ3n) is 4.59. The largest absolute Gasteiger partial charge is 0.487 e. The van der Waals surface area contributed by atoms with Gasteiger partial charge in [-0.05, 0) is 38.8 Å². The van der Waals surface area contributed by atoms with E-state index in [1.807, 2.05) is 38.1 Å². The van der Waals surface area contributed by atoms with Gasteiger partial charge in [-0.3, -0.25) is 9.69 Å². The molecule has 1 aliphatic rings. The number of carbonyl (C=O) groups is 1. The lowest BCUT2D eigenvalue weighted by molar-refractivity contribution is -0.122. The van der Waals surface area contributed by atoms with Crippen molar-refractivity contribution >= 4 is 47.4 Å². The molecule has 0 aliphatic carbocycles. The summed E-state index contributed by atoms with van der Waals surface area (Å²) in [5, 5.41) is 10.1. The molecule has 0 spiro atoms. The number of amides is 1. The van der Waals surface area contributed by atoms with E-state index in [0.717, 1.165) is 38.4 Å². The van der Waals surface area contributed by atoms with E-state index in [4.69, 9.17) is 16.3 Å². The zero-order chi connectivity index (χ0) is 20.4. The first-order chi connectivity index (χ1) is 13.5. The average Bonchev–Trinajstić information content (AvgIpc) is 2.69. The van der Waals surface area contributed by atoms with Crippen LogP contribution in [0.4, 0.5) is 0 Å². The van der Waals surface area contributed by atoms with E-state index in [9.17, 15) is 4.79 Å². The summed E-state index contributed by atoms with van der Waals surface area (Å²) in [5.74, 6) is 1.53. The molecule has 0 bridgehead atoms. The van der Waals surface area contributed by atoms with E-state index in [-0.39, 0.29) is 36.0 Å². The number of hydrogen-bond acceptors (Lipinski definition) is 4. The van der Waals surface area contributed by atoms with Gasteiger partial charge in [-0.15, -0.1) is 24.0 Å². The second-order valence-corrected chi connectivity index (χ2v) is 7.35. The predicted octanol–water partition coefficient (Wildman–Crippen LogP) is 2.49. The van der Waals surface area contributed by atoms with Gasteiger partial charge in [0.25, 0.3) is 0 Å². The second-order valence-electron chi connectivity index (χ2n) is 6.95. The lowest BCUT2D eigenvalue weighted by Crippen LogP contribution is -2.50. The summed E-state index contributed by atoms with van der Waals surface area (Å²) in [4.78, 5) is 18.4. The Balaban J connectivity index is 0.00000420. The highest BCUT2D eigenvalue weighted by molar-refractivity contribution is 14.0. The minimum atomic E-state index is -0.0928. The predicted molar refractivity (Wildman–Crippen MR) is 130 cm³/mol. The van der Waals surface area contributed by atoms with Crippen molar-refractivity contribution in [2.45, 2.75) is 38.8 Å². The molecular formula is C20H33ClIN5O2. The van der Waals surface area contributed by atoms with Gasteiger partial charge in [0, 0.05) is 32.7 Å². The zero-order valence-corrected chi connectivity index (χ0v) is 20.5. The number of carbonyl (C=O) groups excluding carboxylic acids is 1. The number of likely N-dealkylation sites (N-methyl/N-ethyl adjacent to an activating group) is 1. The minimum Gasteiger partial charge on any atom is -0.487 e. The van der Waals surface area contributed by atoms with Gasteiger partial charge in [-0.25, -0.2) is 4.99 Å². The van der Waals surface area contributed by atoms with Crippen molar-refractivity contribution in [2.24, 2.45) is 4.99 Å². The highest BCUT2D eigenvalue weighted by Crippen LogP contribution is 2.24. The van der Waals surface area contributed by atoms with Crippen LogP contribution in [0.15, 0.2) is 29.3 Å². The molecule has 164 valence electrons. The summed E-state index contributed by atoms with van der Waals surface area (Å²) in [5.41, 5.74) is 0. The van der Waals surface area contributed by atoms with Gasteiger partial charge in [0.1, 0.15) is 11.9 Å².